The maximum Gasteiger partial charge on any atom is 0.0198 e. The first kappa shape index (κ1) is 15.0. The molecule has 2 nitrogen and oxygen atoms in total. The molecule has 1 heterocycles. The highest BCUT2D eigenvalue weighted by atomic mass is 15.2. The molecule has 1 N–H and O–H groups in total. The molecule has 0 aromatic carbocycles. The Balaban J connectivity index is 2.51. The largest absolute Gasteiger partial charge is 0.311 e. The van der Waals surface area contributed by atoms with Crippen LogP contribution in [-0.4, -0.2) is 36.1 Å². The Morgan fingerprint density at radius 3 is 2.24 bits per heavy atom. The zero-order valence-electron chi connectivity index (χ0n) is 12.9. The van der Waals surface area contributed by atoms with Crippen molar-refractivity contribution < 1.29 is 0 Å². The van der Waals surface area contributed by atoms with Gasteiger partial charge >= 0.3 is 0 Å². The van der Waals surface area contributed by atoms with Gasteiger partial charge in [0.1, 0.15) is 0 Å². The minimum Gasteiger partial charge on any atom is -0.311 e. The molecule has 2 atom stereocenters. The van der Waals surface area contributed by atoms with E-state index >= 15 is 0 Å². The van der Waals surface area contributed by atoms with Gasteiger partial charge in [-0.3, -0.25) is 4.90 Å². The van der Waals surface area contributed by atoms with Crippen LogP contribution >= 0.6 is 0 Å². The summed E-state index contributed by atoms with van der Waals surface area (Å²) in [6.45, 7) is 19.9. The van der Waals surface area contributed by atoms with E-state index in [9.17, 15) is 0 Å². The topological polar surface area (TPSA) is 15.3 Å². The van der Waals surface area contributed by atoms with E-state index in [1.807, 2.05) is 0 Å². The zero-order valence-corrected chi connectivity index (χ0v) is 12.9. The Hall–Kier alpha value is -0.0800. The first-order valence-corrected chi connectivity index (χ1v) is 7.09. The van der Waals surface area contributed by atoms with Crippen LogP contribution in [0.3, 0.4) is 0 Å². The first-order valence-electron chi connectivity index (χ1n) is 7.09. The Bertz CT molecular complexity index is 232. The summed E-state index contributed by atoms with van der Waals surface area (Å²) >= 11 is 0. The summed E-state index contributed by atoms with van der Waals surface area (Å²) in [6, 6.07) is 0.664. The number of nitrogens with one attached hydrogen (secondary N) is 1. The van der Waals surface area contributed by atoms with E-state index in [2.05, 4.69) is 58.7 Å². The molecule has 1 aliphatic heterocycles. The van der Waals surface area contributed by atoms with Crippen molar-refractivity contribution in [3.63, 3.8) is 0 Å². The zero-order chi connectivity index (χ0) is 13.3. The van der Waals surface area contributed by atoms with Gasteiger partial charge in [0.05, 0.1) is 0 Å². The van der Waals surface area contributed by atoms with Gasteiger partial charge < -0.3 is 5.32 Å². The van der Waals surface area contributed by atoms with Gasteiger partial charge in [-0.15, -0.1) is 0 Å². The van der Waals surface area contributed by atoms with Crippen LogP contribution in [0, 0.1) is 11.3 Å². The lowest BCUT2D eigenvalue weighted by Gasteiger charge is -2.43. The minimum absolute atomic E-state index is 0.311. The van der Waals surface area contributed by atoms with Gasteiger partial charge in [0, 0.05) is 31.2 Å². The second-order valence-electron chi connectivity index (χ2n) is 7.77. The summed E-state index contributed by atoms with van der Waals surface area (Å²) < 4.78 is 0. The SMILES string of the molecule is CC(CC1CN(C(C)(C)C)CCN1)C(C)(C)C. The van der Waals surface area contributed by atoms with Gasteiger partial charge in [0.15, 0.2) is 0 Å². The Kier molecular flexibility index (Phi) is 4.65. The molecule has 0 radical (unpaired) electrons. The van der Waals surface area contributed by atoms with E-state index < -0.39 is 0 Å². The third-order valence-electron chi connectivity index (χ3n) is 4.32. The molecule has 0 aromatic rings. The van der Waals surface area contributed by atoms with Crippen molar-refractivity contribution in [1.82, 2.24) is 10.2 Å². The van der Waals surface area contributed by atoms with Crippen molar-refractivity contribution in [1.29, 1.82) is 0 Å². The standard InChI is InChI=1S/C15H32N2/c1-12(14(2,3)4)10-13-11-17(9-8-16-13)15(5,6)7/h12-13,16H,8-11H2,1-7H3. The summed E-state index contributed by atoms with van der Waals surface area (Å²) in [5.41, 5.74) is 0.733. The van der Waals surface area contributed by atoms with Gasteiger partial charge in [-0.25, -0.2) is 0 Å². The van der Waals surface area contributed by atoms with Gasteiger partial charge in [-0.1, -0.05) is 27.7 Å². The average molecular weight is 240 g/mol. The van der Waals surface area contributed by atoms with Crippen LogP contribution in [0.25, 0.3) is 0 Å². The lowest BCUT2D eigenvalue weighted by Crippen LogP contribution is -2.57. The number of piperazine rings is 1. The van der Waals surface area contributed by atoms with Crippen LogP contribution in [0.15, 0.2) is 0 Å². The fourth-order valence-electron chi connectivity index (χ4n) is 2.37. The van der Waals surface area contributed by atoms with Crippen molar-refractivity contribution >= 4 is 0 Å². The predicted octanol–water partition coefficient (Wildman–Crippen LogP) is 3.13. The fourth-order valence-corrected chi connectivity index (χ4v) is 2.37. The Morgan fingerprint density at radius 2 is 1.76 bits per heavy atom. The lowest BCUT2D eigenvalue weighted by atomic mass is 9.78. The summed E-state index contributed by atoms with van der Waals surface area (Å²) in [6.07, 6.45) is 1.29. The van der Waals surface area contributed by atoms with E-state index in [1.54, 1.807) is 0 Å². The fraction of sp³-hybridized carbons (Fsp3) is 1.00. The first-order chi connectivity index (χ1) is 7.60. The second kappa shape index (κ2) is 5.27. The van der Waals surface area contributed by atoms with Crippen molar-refractivity contribution in [3.05, 3.63) is 0 Å². The molecular formula is C15H32N2. The predicted molar refractivity (Wildman–Crippen MR) is 76.4 cm³/mol. The molecular weight excluding hydrogens is 208 g/mol. The molecule has 17 heavy (non-hydrogen) atoms. The molecule has 2 unspecified atom stereocenters. The number of hydrogen-bond donors (Lipinski definition) is 1. The van der Waals surface area contributed by atoms with E-state index in [-0.39, 0.29) is 0 Å². The van der Waals surface area contributed by atoms with E-state index in [4.69, 9.17) is 0 Å². The van der Waals surface area contributed by atoms with Gasteiger partial charge in [-0.2, -0.15) is 0 Å². The molecule has 0 bridgehead atoms. The highest BCUT2D eigenvalue weighted by Gasteiger charge is 2.30. The summed E-state index contributed by atoms with van der Waals surface area (Å²) in [5, 5.41) is 3.68. The molecule has 1 rings (SSSR count). The molecule has 1 aliphatic rings. The molecule has 1 saturated heterocycles. The molecule has 0 aliphatic carbocycles. The highest BCUT2D eigenvalue weighted by Crippen LogP contribution is 2.30. The minimum atomic E-state index is 0.311. The molecule has 2 heteroatoms. The molecule has 0 aromatic heterocycles. The Labute approximate surface area is 108 Å². The van der Waals surface area contributed by atoms with Crippen molar-refractivity contribution in [2.45, 2.75) is 66.5 Å². The normalized spacial score (nSPS) is 25.9. The lowest BCUT2D eigenvalue weighted by molar-refractivity contribution is 0.0817. The van der Waals surface area contributed by atoms with Crippen LogP contribution in [0.4, 0.5) is 0 Å². The average Bonchev–Trinajstić information content (AvgIpc) is 2.15. The second-order valence-corrected chi connectivity index (χ2v) is 7.77. The summed E-state index contributed by atoms with van der Waals surface area (Å²) in [5.74, 6) is 0.764. The molecule has 0 amide bonds. The van der Waals surface area contributed by atoms with Crippen molar-refractivity contribution in [2.24, 2.45) is 11.3 Å². The van der Waals surface area contributed by atoms with Crippen LogP contribution in [0.5, 0.6) is 0 Å². The molecule has 1 fully saturated rings. The molecule has 0 spiro atoms. The van der Waals surface area contributed by atoms with E-state index in [0.717, 1.165) is 12.5 Å². The Morgan fingerprint density at radius 1 is 1.18 bits per heavy atom. The van der Waals surface area contributed by atoms with Crippen molar-refractivity contribution in [3.8, 4) is 0 Å². The van der Waals surface area contributed by atoms with Gasteiger partial charge in [-0.05, 0) is 38.5 Å². The van der Waals surface area contributed by atoms with Crippen LogP contribution < -0.4 is 5.32 Å². The molecule has 102 valence electrons. The van der Waals surface area contributed by atoms with Gasteiger partial charge in [0.25, 0.3) is 0 Å². The quantitative estimate of drug-likeness (QED) is 0.798. The maximum atomic E-state index is 3.68. The van der Waals surface area contributed by atoms with Crippen molar-refractivity contribution in [2.75, 3.05) is 19.6 Å². The van der Waals surface area contributed by atoms with E-state index in [0.29, 0.717) is 17.0 Å². The van der Waals surface area contributed by atoms with Gasteiger partial charge in [0.2, 0.25) is 0 Å². The smallest absolute Gasteiger partial charge is 0.0198 e. The van der Waals surface area contributed by atoms with Crippen LogP contribution in [0.2, 0.25) is 0 Å². The van der Waals surface area contributed by atoms with Crippen LogP contribution in [0.1, 0.15) is 54.9 Å². The van der Waals surface area contributed by atoms with Crippen LogP contribution in [-0.2, 0) is 0 Å². The number of hydrogen-bond acceptors (Lipinski definition) is 2. The summed E-state index contributed by atoms with van der Waals surface area (Å²) in [4.78, 5) is 2.61. The number of nitrogens with zero attached hydrogens (tertiary/aromatic N) is 1. The third kappa shape index (κ3) is 4.59. The maximum absolute atomic E-state index is 3.68. The third-order valence-corrected chi connectivity index (χ3v) is 4.32. The molecule has 0 saturated carbocycles. The summed E-state index contributed by atoms with van der Waals surface area (Å²) in [7, 11) is 0. The highest BCUT2D eigenvalue weighted by molar-refractivity contribution is 4.87. The van der Waals surface area contributed by atoms with E-state index in [1.165, 1.54) is 19.5 Å². The number of rotatable bonds is 2. The monoisotopic (exact) mass is 240 g/mol.